The Morgan fingerprint density at radius 2 is 1.93 bits per heavy atom. The smallest absolute Gasteiger partial charge is 0.264 e. The Kier molecular flexibility index (Phi) is 2.92. The van der Waals surface area contributed by atoms with Crippen molar-refractivity contribution in [3.63, 3.8) is 0 Å². The number of alkyl halides is 3. The first-order valence-electron chi connectivity index (χ1n) is 3.78. The number of hydrogen-bond acceptors (Lipinski definition) is 2. The second kappa shape index (κ2) is 3.84. The molecule has 1 rings (SSSR count). The highest BCUT2D eigenvalue weighted by Gasteiger charge is 2.31. The average molecular weight is 223 g/mol. The van der Waals surface area contributed by atoms with Gasteiger partial charge in [-0.3, -0.25) is 10.1 Å². The molecule has 82 valence electrons. The van der Waals surface area contributed by atoms with Crippen molar-refractivity contribution < 1.29 is 22.5 Å². The van der Waals surface area contributed by atoms with E-state index in [-0.39, 0.29) is 11.6 Å². The van der Waals surface area contributed by atoms with Crippen molar-refractivity contribution in [2.45, 2.75) is 12.7 Å². The lowest BCUT2D eigenvalue weighted by Crippen LogP contribution is -2.07. The Morgan fingerprint density at radius 1 is 1.33 bits per heavy atom. The third-order valence-corrected chi connectivity index (χ3v) is 1.68. The first-order valence-corrected chi connectivity index (χ1v) is 3.78. The molecule has 0 aliphatic heterocycles. The van der Waals surface area contributed by atoms with Crippen LogP contribution in [0, 0.1) is 15.9 Å². The van der Waals surface area contributed by atoms with E-state index < -0.39 is 29.0 Å². The first kappa shape index (κ1) is 11.4. The summed E-state index contributed by atoms with van der Waals surface area (Å²) in [5.41, 5.74) is -1.53. The number of nitrogens with zero attached hydrogens (tertiary/aromatic N) is 1. The zero-order valence-electron chi connectivity index (χ0n) is 7.21. The van der Waals surface area contributed by atoms with Crippen LogP contribution in [0.5, 0.6) is 0 Å². The minimum atomic E-state index is -4.64. The van der Waals surface area contributed by atoms with Crippen molar-refractivity contribution in [2.75, 3.05) is 0 Å². The van der Waals surface area contributed by atoms with Crippen molar-refractivity contribution in [2.24, 2.45) is 0 Å². The van der Waals surface area contributed by atoms with Crippen molar-refractivity contribution >= 4 is 0 Å². The number of halogens is 4. The summed E-state index contributed by atoms with van der Waals surface area (Å²) < 4.78 is 49.1. The standard InChI is InChI=1S/C8H5F4NO2/c9-7-3-6(8(10,11)12)2-1-5(7)4-13(14)15/h1-3H,4H2. The summed E-state index contributed by atoms with van der Waals surface area (Å²) in [5.74, 6) is -1.22. The third-order valence-electron chi connectivity index (χ3n) is 1.68. The Hall–Kier alpha value is -1.66. The Balaban J connectivity index is 3.03. The largest absolute Gasteiger partial charge is 0.416 e. The van der Waals surface area contributed by atoms with Gasteiger partial charge in [-0.05, 0) is 18.2 Å². The monoisotopic (exact) mass is 223 g/mol. The molecule has 15 heavy (non-hydrogen) atoms. The molecule has 0 fully saturated rings. The second-order valence-electron chi connectivity index (χ2n) is 2.79. The van der Waals surface area contributed by atoms with Crippen LogP contribution in [-0.4, -0.2) is 4.92 Å². The van der Waals surface area contributed by atoms with E-state index in [9.17, 15) is 27.7 Å². The van der Waals surface area contributed by atoms with E-state index in [1.54, 1.807) is 0 Å². The van der Waals surface area contributed by atoms with Gasteiger partial charge in [0.05, 0.1) is 11.1 Å². The van der Waals surface area contributed by atoms with Gasteiger partial charge in [0.1, 0.15) is 5.82 Å². The maximum atomic E-state index is 12.9. The maximum Gasteiger partial charge on any atom is 0.416 e. The van der Waals surface area contributed by atoms with Crippen molar-refractivity contribution in [3.8, 4) is 0 Å². The van der Waals surface area contributed by atoms with E-state index in [0.717, 1.165) is 6.07 Å². The van der Waals surface area contributed by atoms with E-state index in [4.69, 9.17) is 0 Å². The van der Waals surface area contributed by atoms with Gasteiger partial charge in [0.25, 0.3) is 0 Å². The van der Waals surface area contributed by atoms with Crippen LogP contribution < -0.4 is 0 Å². The van der Waals surface area contributed by atoms with Crippen LogP contribution in [0.25, 0.3) is 0 Å². The molecular weight excluding hydrogens is 218 g/mol. The Morgan fingerprint density at radius 3 is 2.33 bits per heavy atom. The summed E-state index contributed by atoms with van der Waals surface area (Å²) >= 11 is 0. The molecule has 0 aliphatic rings. The van der Waals surface area contributed by atoms with Gasteiger partial charge in [-0.25, -0.2) is 4.39 Å². The molecule has 0 bridgehead atoms. The summed E-state index contributed by atoms with van der Waals surface area (Å²) in [6, 6.07) is 1.63. The zero-order chi connectivity index (χ0) is 11.6. The van der Waals surface area contributed by atoms with Crippen LogP contribution in [0.1, 0.15) is 11.1 Å². The predicted octanol–water partition coefficient (Wildman–Crippen LogP) is 2.62. The average Bonchev–Trinajstić information content (AvgIpc) is 2.05. The molecule has 0 spiro atoms. The molecule has 0 amide bonds. The minimum Gasteiger partial charge on any atom is -0.264 e. The van der Waals surface area contributed by atoms with Crippen molar-refractivity contribution in [1.82, 2.24) is 0 Å². The molecule has 0 saturated heterocycles. The van der Waals surface area contributed by atoms with Gasteiger partial charge in [0.2, 0.25) is 6.54 Å². The van der Waals surface area contributed by atoms with Crippen LogP contribution in [0.2, 0.25) is 0 Å². The predicted molar refractivity (Wildman–Crippen MR) is 42.1 cm³/mol. The number of benzene rings is 1. The van der Waals surface area contributed by atoms with Gasteiger partial charge in [0, 0.05) is 4.92 Å². The van der Waals surface area contributed by atoms with Crippen molar-refractivity contribution in [1.29, 1.82) is 0 Å². The van der Waals surface area contributed by atoms with Crippen molar-refractivity contribution in [3.05, 3.63) is 45.3 Å². The summed E-state index contributed by atoms with van der Waals surface area (Å²) in [5, 5.41) is 10.0. The molecule has 0 unspecified atom stereocenters. The molecule has 0 radical (unpaired) electrons. The second-order valence-corrected chi connectivity index (χ2v) is 2.79. The van der Waals surface area contributed by atoms with Crippen LogP contribution in [0.3, 0.4) is 0 Å². The normalized spacial score (nSPS) is 11.5. The molecule has 0 aliphatic carbocycles. The molecule has 7 heteroatoms. The summed E-state index contributed by atoms with van der Waals surface area (Å²) in [4.78, 5) is 9.21. The molecule has 3 nitrogen and oxygen atoms in total. The van der Waals surface area contributed by atoms with Crippen LogP contribution >= 0.6 is 0 Å². The Labute approximate surface area is 81.5 Å². The fourth-order valence-corrected chi connectivity index (χ4v) is 0.991. The van der Waals surface area contributed by atoms with Gasteiger partial charge in [-0.2, -0.15) is 13.2 Å². The summed E-state index contributed by atoms with van der Waals surface area (Å²) in [6.07, 6.45) is -4.64. The van der Waals surface area contributed by atoms with Gasteiger partial charge < -0.3 is 0 Å². The fourth-order valence-electron chi connectivity index (χ4n) is 0.991. The van der Waals surface area contributed by atoms with Gasteiger partial charge >= 0.3 is 6.18 Å². The van der Waals surface area contributed by atoms with Gasteiger partial charge in [-0.1, -0.05) is 0 Å². The number of hydrogen-bond donors (Lipinski definition) is 0. The molecule has 0 aromatic heterocycles. The lowest BCUT2D eigenvalue weighted by Gasteiger charge is -2.07. The van der Waals surface area contributed by atoms with Crippen LogP contribution in [0.15, 0.2) is 18.2 Å². The van der Waals surface area contributed by atoms with E-state index in [0.29, 0.717) is 6.07 Å². The maximum absolute atomic E-state index is 12.9. The number of nitro groups is 1. The molecule has 1 aromatic rings. The highest BCUT2D eigenvalue weighted by Crippen LogP contribution is 2.30. The molecule has 1 aromatic carbocycles. The van der Waals surface area contributed by atoms with Gasteiger partial charge in [-0.15, -0.1) is 0 Å². The topological polar surface area (TPSA) is 43.1 Å². The zero-order valence-corrected chi connectivity index (χ0v) is 7.21. The Bertz CT molecular complexity index is 389. The highest BCUT2D eigenvalue weighted by molar-refractivity contribution is 5.25. The molecule has 0 N–H and O–H groups in total. The van der Waals surface area contributed by atoms with Gasteiger partial charge in [0.15, 0.2) is 0 Å². The quantitative estimate of drug-likeness (QED) is 0.439. The lowest BCUT2D eigenvalue weighted by molar-refractivity contribution is -0.497. The minimum absolute atomic E-state index is 0.249. The van der Waals surface area contributed by atoms with E-state index in [1.807, 2.05) is 0 Å². The molecule has 0 atom stereocenters. The summed E-state index contributed by atoms with van der Waals surface area (Å²) in [7, 11) is 0. The van der Waals surface area contributed by atoms with Crippen LogP contribution in [0.4, 0.5) is 17.6 Å². The molecule has 0 heterocycles. The fraction of sp³-hybridized carbons (Fsp3) is 0.250. The highest BCUT2D eigenvalue weighted by atomic mass is 19.4. The lowest BCUT2D eigenvalue weighted by atomic mass is 10.1. The van der Waals surface area contributed by atoms with E-state index >= 15 is 0 Å². The van der Waals surface area contributed by atoms with Crippen LogP contribution in [-0.2, 0) is 12.7 Å². The SMILES string of the molecule is O=[N+]([O-])Cc1ccc(C(F)(F)F)cc1F. The summed E-state index contributed by atoms with van der Waals surface area (Å²) in [6.45, 7) is -0.829. The molecular formula is C8H5F4NO2. The number of rotatable bonds is 2. The third kappa shape index (κ3) is 2.90. The van der Waals surface area contributed by atoms with E-state index in [1.165, 1.54) is 0 Å². The molecule has 0 saturated carbocycles. The van der Waals surface area contributed by atoms with E-state index in [2.05, 4.69) is 0 Å². The first-order chi connectivity index (χ1) is 6.80.